The highest BCUT2D eigenvalue weighted by Crippen LogP contribution is 2.11. The van der Waals surface area contributed by atoms with Crippen molar-refractivity contribution >= 4 is 11.8 Å². The van der Waals surface area contributed by atoms with E-state index in [1.165, 1.54) is 37.6 Å². The second kappa shape index (κ2) is 6.70. The molecule has 84 valence electrons. The van der Waals surface area contributed by atoms with Crippen molar-refractivity contribution < 1.29 is 0 Å². The highest BCUT2D eigenvalue weighted by Gasteiger charge is 2.23. The third-order valence-electron chi connectivity index (χ3n) is 2.92. The first-order valence-electron chi connectivity index (χ1n) is 5.83. The zero-order valence-electron chi connectivity index (χ0n) is 9.75. The van der Waals surface area contributed by atoms with Crippen LogP contribution in [0.15, 0.2) is 0 Å². The summed E-state index contributed by atoms with van der Waals surface area (Å²) in [6.07, 6.45) is 1.27. The van der Waals surface area contributed by atoms with Crippen LogP contribution >= 0.6 is 11.8 Å². The predicted octanol–water partition coefficient (Wildman–Crippen LogP) is 1.81. The number of nitrogens with one attached hydrogen (secondary N) is 1. The maximum Gasteiger partial charge on any atom is 0.0219 e. The molecule has 0 bridgehead atoms. The van der Waals surface area contributed by atoms with Crippen molar-refractivity contribution in [3.63, 3.8) is 0 Å². The van der Waals surface area contributed by atoms with Crippen LogP contribution in [-0.2, 0) is 0 Å². The molecule has 1 N–H and O–H groups in total. The standard InChI is InChI=1S/C11H24N2S/c1-4-11-8-12-10(3)9-13(11)6-7-14-5-2/h10-12H,4-9H2,1-3H3. The Kier molecular flexibility index (Phi) is 5.90. The lowest BCUT2D eigenvalue weighted by Gasteiger charge is -2.39. The monoisotopic (exact) mass is 216 g/mol. The summed E-state index contributed by atoms with van der Waals surface area (Å²) in [5, 5.41) is 3.55. The summed E-state index contributed by atoms with van der Waals surface area (Å²) < 4.78 is 0. The Morgan fingerprint density at radius 3 is 2.86 bits per heavy atom. The average molecular weight is 216 g/mol. The lowest BCUT2D eigenvalue weighted by molar-refractivity contribution is 0.140. The molecular weight excluding hydrogens is 192 g/mol. The summed E-state index contributed by atoms with van der Waals surface area (Å²) in [6, 6.07) is 1.44. The van der Waals surface area contributed by atoms with Gasteiger partial charge in [0.1, 0.15) is 0 Å². The minimum Gasteiger partial charge on any atom is -0.311 e. The quantitative estimate of drug-likeness (QED) is 0.706. The van der Waals surface area contributed by atoms with E-state index in [1.807, 2.05) is 0 Å². The fraction of sp³-hybridized carbons (Fsp3) is 1.00. The zero-order valence-corrected chi connectivity index (χ0v) is 10.6. The van der Waals surface area contributed by atoms with Gasteiger partial charge in [-0.2, -0.15) is 11.8 Å². The van der Waals surface area contributed by atoms with Gasteiger partial charge in [-0.05, 0) is 19.1 Å². The molecular formula is C11H24N2S. The number of rotatable bonds is 5. The number of piperazine rings is 1. The van der Waals surface area contributed by atoms with Gasteiger partial charge >= 0.3 is 0 Å². The minimum absolute atomic E-state index is 0.671. The Morgan fingerprint density at radius 2 is 2.21 bits per heavy atom. The van der Waals surface area contributed by atoms with E-state index >= 15 is 0 Å². The maximum absolute atomic E-state index is 3.55. The molecule has 0 aromatic carbocycles. The fourth-order valence-corrected chi connectivity index (χ4v) is 2.69. The third-order valence-corrected chi connectivity index (χ3v) is 3.80. The average Bonchev–Trinajstić information content (AvgIpc) is 2.19. The van der Waals surface area contributed by atoms with Gasteiger partial charge in [-0.25, -0.2) is 0 Å². The summed E-state index contributed by atoms with van der Waals surface area (Å²) in [5.74, 6) is 2.54. The predicted molar refractivity (Wildman–Crippen MR) is 66.1 cm³/mol. The van der Waals surface area contributed by atoms with E-state index in [9.17, 15) is 0 Å². The molecule has 1 fully saturated rings. The summed E-state index contributed by atoms with van der Waals surface area (Å²) in [6.45, 7) is 10.5. The number of thioether (sulfide) groups is 1. The van der Waals surface area contributed by atoms with E-state index in [2.05, 4.69) is 42.7 Å². The van der Waals surface area contributed by atoms with Gasteiger partial charge in [-0.3, -0.25) is 4.90 Å². The fourth-order valence-electron chi connectivity index (χ4n) is 2.03. The molecule has 2 unspecified atom stereocenters. The summed E-state index contributed by atoms with van der Waals surface area (Å²) in [4.78, 5) is 2.66. The largest absolute Gasteiger partial charge is 0.311 e. The molecule has 0 amide bonds. The second-order valence-electron chi connectivity index (χ2n) is 4.06. The summed E-state index contributed by atoms with van der Waals surface area (Å²) in [7, 11) is 0. The summed E-state index contributed by atoms with van der Waals surface area (Å²) >= 11 is 2.05. The Morgan fingerprint density at radius 1 is 1.43 bits per heavy atom. The topological polar surface area (TPSA) is 15.3 Å². The van der Waals surface area contributed by atoms with Crippen molar-refractivity contribution in [2.45, 2.75) is 39.3 Å². The van der Waals surface area contributed by atoms with Crippen molar-refractivity contribution in [2.75, 3.05) is 31.1 Å². The van der Waals surface area contributed by atoms with Crippen LogP contribution in [0.3, 0.4) is 0 Å². The third kappa shape index (κ3) is 3.79. The van der Waals surface area contributed by atoms with E-state index < -0.39 is 0 Å². The van der Waals surface area contributed by atoms with Crippen LogP contribution in [-0.4, -0.2) is 48.1 Å². The van der Waals surface area contributed by atoms with Crippen molar-refractivity contribution in [3.8, 4) is 0 Å². The van der Waals surface area contributed by atoms with Crippen molar-refractivity contribution in [3.05, 3.63) is 0 Å². The number of nitrogens with zero attached hydrogens (tertiary/aromatic N) is 1. The SMILES string of the molecule is CCSCCN1CC(C)NCC1CC. The normalized spacial score (nSPS) is 29.4. The Balaban J connectivity index is 2.29. The highest BCUT2D eigenvalue weighted by atomic mass is 32.2. The first-order chi connectivity index (χ1) is 6.77. The Labute approximate surface area is 92.8 Å². The molecule has 1 aliphatic rings. The van der Waals surface area contributed by atoms with Gasteiger partial charge in [0.25, 0.3) is 0 Å². The lowest BCUT2D eigenvalue weighted by Crippen LogP contribution is -2.55. The van der Waals surface area contributed by atoms with Gasteiger partial charge in [0.2, 0.25) is 0 Å². The molecule has 14 heavy (non-hydrogen) atoms. The molecule has 2 nitrogen and oxygen atoms in total. The van der Waals surface area contributed by atoms with Crippen LogP contribution in [0.25, 0.3) is 0 Å². The molecule has 1 saturated heterocycles. The van der Waals surface area contributed by atoms with Crippen LogP contribution in [0.4, 0.5) is 0 Å². The first kappa shape index (κ1) is 12.3. The molecule has 1 rings (SSSR count). The minimum atomic E-state index is 0.671. The van der Waals surface area contributed by atoms with Crippen LogP contribution in [0.5, 0.6) is 0 Å². The van der Waals surface area contributed by atoms with Gasteiger partial charge < -0.3 is 5.32 Å². The van der Waals surface area contributed by atoms with E-state index in [0.29, 0.717) is 6.04 Å². The van der Waals surface area contributed by atoms with E-state index in [-0.39, 0.29) is 0 Å². The maximum atomic E-state index is 3.55. The van der Waals surface area contributed by atoms with Crippen molar-refractivity contribution in [1.29, 1.82) is 0 Å². The van der Waals surface area contributed by atoms with Crippen LogP contribution in [0, 0.1) is 0 Å². The van der Waals surface area contributed by atoms with Crippen LogP contribution in [0.1, 0.15) is 27.2 Å². The highest BCUT2D eigenvalue weighted by molar-refractivity contribution is 7.99. The Bertz CT molecular complexity index is 152. The van der Waals surface area contributed by atoms with Gasteiger partial charge in [0.15, 0.2) is 0 Å². The van der Waals surface area contributed by atoms with Gasteiger partial charge in [-0.15, -0.1) is 0 Å². The Hall–Kier alpha value is 0.270. The van der Waals surface area contributed by atoms with Crippen molar-refractivity contribution in [1.82, 2.24) is 10.2 Å². The van der Waals surface area contributed by atoms with Crippen LogP contribution < -0.4 is 5.32 Å². The number of hydrogen-bond donors (Lipinski definition) is 1. The molecule has 0 aromatic heterocycles. The lowest BCUT2D eigenvalue weighted by atomic mass is 10.1. The molecule has 0 aliphatic carbocycles. The molecule has 0 aromatic rings. The van der Waals surface area contributed by atoms with E-state index in [4.69, 9.17) is 0 Å². The van der Waals surface area contributed by atoms with Crippen molar-refractivity contribution in [2.24, 2.45) is 0 Å². The zero-order chi connectivity index (χ0) is 10.4. The molecule has 1 heterocycles. The summed E-state index contributed by atoms with van der Waals surface area (Å²) in [5.41, 5.74) is 0. The van der Waals surface area contributed by atoms with Gasteiger partial charge in [0.05, 0.1) is 0 Å². The van der Waals surface area contributed by atoms with E-state index in [1.54, 1.807) is 0 Å². The molecule has 0 radical (unpaired) electrons. The second-order valence-corrected chi connectivity index (χ2v) is 5.46. The smallest absolute Gasteiger partial charge is 0.0219 e. The molecule has 3 heteroatoms. The molecule has 1 aliphatic heterocycles. The van der Waals surface area contributed by atoms with Gasteiger partial charge in [0, 0.05) is 37.5 Å². The molecule has 2 atom stereocenters. The van der Waals surface area contributed by atoms with E-state index in [0.717, 1.165) is 6.04 Å². The molecule has 0 spiro atoms. The first-order valence-corrected chi connectivity index (χ1v) is 6.98. The molecule has 0 saturated carbocycles. The van der Waals surface area contributed by atoms with Crippen LogP contribution in [0.2, 0.25) is 0 Å². The van der Waals surface area contributed by atoms with Gasteiger partial charge in [-0.1, -0.05) is 13.8 Å². The number of hydrogen-bond acceptors (Lipinski definition) is 3.